The van der Waals surface area contributed by atoms with E-state index in [0.29, 0.717) is 17.4 Å². The normalized spacial score (nSPS) is 13.9. The van der Waals surface area contributed by atoms with Gasteiger partial charge in [-0.1, -0.05) is 326 Å². The van der Waals surface area contributed by atoms with Crippen molar-refractivity contribution in [2.45, 2.75) is 360 Å². The van der Waals surface area contributed by atoms with Gasteiger partial charge in [-0.3, -0.25) is 9.36 Å². The van der Waals surface area contributed by atoms with Gasteiger partial charge in [-0.15, -0.1) is 0 Å². The topological polar surface area (TPSA) is 108 Å². The molecule has 0 aromatic heterocycles. The minimum Gasteiger partial charge on any atom is -0.756 e. The zero-order chi connectivity index (χ0) is 58.4. The second-order valence-electron chi connectivity index (χ2n) is 25.2. The summed E-state index contributed by atoms with van der Waals surface area (Å²) in [5.41, 5.74) is 0. The molecule has 0 bridgehead atoms. The molecule has 0 saturated heterocycles. The minimum atomic E-state index is -4.61. The van der Waals surface area contributed by atoms with Gasteiger partial charge in [0.2, 0.25) is 5.91 Å². The zero-order valence-corrected chi connectivity index (χ0v) is 54.9. The van der Waals surface area contributed by atoms with E-state index in [0.717, 1.165) is 44.9 Å². The molecule has 80 heavy (non-hydrogen) atoms. The number of quaternary nitrogens is 1. The summed E-state index contributed by atoms with van der Waals surface area (Å²) in [6.07, 6.45) is 83.9. The fourth-order valence-corrected chi connectivity index (χ4v) is 11.3. The number of carbonyl (C=O) groups excluding carboxylic acids is 1. The van der Waals surface area contributed by atoms with Crippen LogP contribution in [0.15, 0.2) is 48.6 Å². The number of aliphatic hydroxyl groups is 1. The number of likely N-dealkylation sites (N-methyl/N-ethyl adjacent to an activating group) is 1. The van der Waals surface area contributed by atoms with Gasteiger partial charge in [0.1, 0.15) is 13.2 Å². The molecule has 2 N–H and O–H groups in total. The Morgan fingerprint density at radius 2 is 0.738 bits per heavy atom. The Morgan fingerprint density at radius 3 is 1.09 bits per heavy atom. The summed E-state index contributed by atoms with van der Waals surface area (Å²) in [5, 5.41) is 13.9. The van der Waals surface area contributed by atoms with Crippen molar-refractivity contribution >= 4 is 13.7 Å². The van der Waals surface area contributed by atoms with Crippen LogP contribution in [0.5, 0.6) is 0 Å². The maximum Gasteiger partial charge on any atom is 0.268 e. The van der Waals surface area contributed by atoms with E-state index in [1.807, 2.05) is 27.2 Å². The predicted molar refractivity (Wildman–Crippen MR) is 348 cm³/mol. The molecule has 0 aliphatic rings. The molecule has 0 aromatic rings. The van der Waals surface area contributed by atoms with E-state index >= 15 is 0 Å². The Bertz CT molecular complexity index is 1440. The van der Waals surface area contributed by atoms with Gasteiger partial charge in [0.05, 0.1) is 39.9 Å². The molecule has 8 nitrogen and oxygen atoms in total. The Balaban J connectivity index is 4.02. The molecule has 0 aliphatic carbocycles. The molecule has 472 valence electrons. The SMILES string of the molecule is CCCCCCCCCCCCCCC/C=C\C/C=C\CCCCCCCCCCCCCCCCCCCC(=O)NC(COP(=O)([O-])OCC[N+](C)(C)C)C(O)/C=C/CC/C=C/CCCCCCCCCCCCCCCCC. The first-order valence-corrected chi connectivity index (χ1v) is 36.5. The van der Waals surface area contributed by atoms with Crippen LogP contribution < -0.4 is 10.2 Å². The van der Waals surface area contributed by atoms with E-state index in [4.69, 9.17) is 9.05 Å². The minimum absolute atomic E-state index is 0.00572. The second kappa shape index (κ2) is 62.0. The molecule has 0 spiro atoms. The van der Waals surface area contributed by atoms with Crippen LogP contribution in [0.1, 0.15) is 348 Å². The van der Waals surface area contributed by atoms with Crippen molar-refractivity contribution in [3.05, 3.63) is 48.6 Å². The summed E-state index contributed by atoms with van der Waals surface area (Å²) in [7, 11) is 1.25. The van der Waals surface area contributed by atoms with Crippen LogP contribution in [0, 0.1) is 0 Å². The molecule has 0 saturated carbocycles. The lowest BCUT2D eigenvalue weighted by Crippen LogP contribution is -2.45. The number of nitrogens with one attached hydrogen (secondary N) is 1. The molecular weight excluding hydrogens is 1010 g/mol. The fourth-order valence-electron chi connectivity index (χ4n) is 10.6. The van der Waals surface area contributed by atoms with Crippen LogP contribution in [0.4, 0.5) is 0 Å². The van der Waals surface area contributed by atoms with Crippen LogP contribution >= 0.6 is 7.82 Å². The van der Waals surface area contributed by atoms with Gasteiger partial charge >= 0.3 is 0 Å². The number of nitrogens with zero attached hydrogens (tertiary/aromatic N) is 1. The lowest BCUT2D eigenvalue weighted by Gasteiger charge is -2.29. The van der Waals surface area contributed by atoms with Crippen molar-refractivity contribution in [3.63, 3.8) is 0 Å². The van der Waals surface area contributed by atoms with Gasteiger partial charge in [0, 0.05) is 6.42 Å². The van der Waals surface area contributed by atoms with E-state index < -0.39 is 26.6 Å². The van der Waals surface area contributed by atoms with Crippen LogP contribution in [0.2, 0.25) is 0 Å². The zero-order valence-electron chi connectivity index (χ0n) is 54.0. The Kier molecular flexibility index (Phi) is 60.8. The quantitative estimate of drug-likeness (QED) is 0.0272. The number of hydrogen-bond donors (Lipinski definition) is 2. The third-order valence-corrected chi connectivity index (χ3v) is 17.0. The molecule has 0 aromatic carbocycles. The van der Waals surface area contributed by atoms with Gasteiger partial charge in [0.15, 0.2) is 0 Å². The summed E-state index contributed by atoms with van der Waals surface area (Å²) >= 11 is 0. The van der Waals surface area contributed by atoms with Gasteiger partial charge in [-0.2, -0.15) is 0 Å². The standard InChI is InChI=1S/C71H137N2O6P/c1-6-8-10-12-14-16-18-20-22-24-26-28-29-30-31-32-33-34-35-36-37-38-39-40-41-42-43-45-47-49-51-53-55-57-59-61-63-65-71(75)72-69(68-79-80(76,77)78-67-66-73(3,4)5)70(74)64-62-60-58-56-54-52-50-48-46-44-27-25-23-21-19-17-15-13-11-9-7-2/h31-32,34-35,54,56,62,64,69-70,74H,6-30,33,36-53,55,57-61,63,65-68H2,1-5H3,(H-,72,75,76,77)/b32-31-,35-34-,56-54+,64-62+. The molecule has 0 radical (unpaired) electrons. The molecule has 3 atom stereocenters. The molecule has 0 aliphatic heterocycles. The Morgan fingerprint density at radius 1 is 0.438 bits per heavy atom. The largest absolute Gasteiger partial charge is 0.756 e. The van der Waals surface area contributed by atoms with E-state index in [1.54, 1.807) is 6.08 Å². The third-order valence-electron chi connectivity index (χ3n) is 16.0. The molecule has 1 amide bonds. The molecule has 0 heterocycles. The predicted octanol–water partition coefficient (Wildman–Crippen LogP) is 21.6. The summed E-state index contributed by atoms with van der Waals surface area (Å²) in [6.45, 7) is 4.68. The molecule has 0 fully saturated rings. The highest BCUT2D eigenvalue weighted by molar-refractivity contribution is 7.45. The number of rotatable bonds is 65. The number of unbranched alkanes of at least 4 members (excludes halogenated alkanes) is 46. The average molecular weight is 1150 g/mol. The van der Waals surface area contributed by atoms with Gasteiger partial charge in [-0.25, -0.2) is 0 Å². The maximum atomic E-state index is 13.0. The van der Waals surface area contributed by atoms with Crippen molar-refractivity contribution in [3.8, 4) is 0 Å². The Labute approximate surface area is 499 Å². The van der Waals surface area contributed by atoms with Crippen molar-refractivity contribution in [1.82, 2.24) is 5.32 Å². The molecular formula is C71H137N2O6P. The first-order valence-electron chi connectivity index (χ1n) is 35.0. The second-order valence-corrected chi connectivity index (χ2v) is 26.6. The highest BCUT2D eigenvalue weighted by atomic mass is 31.2. The van der Waals surface area contributed by atoms with Gasteiger partial charge in [0.25, 0.3) is 7.82 Å². The average Bonchev–Trinajstić information content (AvgIpc) is 3.42. The van der Waals surface area contributed by atoms with Crippen LogP contribution in [0.3, 0.4) is 0 Å². The van der Waals surface area contributed by atoms with Crippen molar-refractivity contribution in [1.29, 1.82) is 0 Å². The fraction of sp³-hybridized carbons (Fsp3) is 0.873. The summed E-state index contributed by atoms with van der Waals surface area (Å²) in [4.78, 5) is 25.6. The summed E-state index contributed by atoms with van der Waals surface area (Å²) in [5.74, 6) is -0.202. The van der Waals surface area contributed by atoms with Gasteiger partial charge < -0.3 is 28.8 Å². The number of phosphoric acid groups is 1. The maximum absolute atomic E-state index is 13.0. The third kappa shape index (κ3) is 64.0. The van der Waals surface area contributed by atoms with Crippen LogP contribution in [-0.4, -0.2) is 68.5 Å². The lowest BCUT2D eigenvalue weighted by atomic mass is 10.0. The molecule has 9 heteroatoms. The number of aliphatic hydroxyl groups excluding tert-OH is 1. The first-order chi connectivity index (χ1) is 39.0. The number of phosphoric ester groups is 1. The monoisotopic (exact) mass is 1150 g/mol. The van der Waals surface area contributed by atoms with Crippen molar-refractivity contribution in [2.24, 2.45) is 0 Å². The number of carbonyl (C=O) groups is 1. The lowest BCUT2D eigenvalue weighted by molar-refractivity contribution is -0.870. The van der Waals surface area contributed by atoms with Gasteiger partial charge in [-0.05, 0) is 64.2 Å². The highest BCUT2D eigenvalue weighted by Crippen LogP contribution is 2.38. The summed E-state index contributed by atoms with van der Waals surface area (Å²) < 4.78 is 23.4. The number of amides is 1. The van der Waals surface area contributed by atoms with E-state index in [1.165, 1.54) is 283 Å². The molecule has 0 rings (SSSR count). The molecule has 3 unspecified atom stereocenters. The van der Waals surface area contributed by atoms with E-state index in [2.05, 4.69) is 55.6 Å². The van der Waals surface area contributed by atoms with E-state index in [-0.39, 0.29) is 12.5 Å². The summed E-state index contributed by atoms with van der Waals surface area (Å²) in [6, 6.07) is -0.905. The van der Waals surface area contributed by atoms with Crippen LogP contribution in [-0.2, 0) is 18.4 Å². The number of allylic oxidation sites excluding steroid dienone is 7. The first kappa shape index (κ1) is 78.5. The Hall–Kier alpha value is -1.54. The van der Waals surface area contributed by atoms with E-state index in [9.17, 15) is 19.4 Å². The number of hydrogen-bond acceptors (Lipinski definition) is 6. The highest BCUT2D eigenvalue weighted by Gasteiger charge is 2.23. The van der Waals surface area contributed by atoms with Crippen molar-refractivity contribution < 1.29 is 32.9 Å². The van der Waals surface area contributed by atoms with Crippen molar-refractivity contribution in [2.75, 3.05) is 40.9 Å². The smallest absolute Gasteiger partial charge is 0.268 e. The van der Waals surface area contributed by atoms with Crippen LogP contribution in [0.25, 0.3) is 0 Å².